The van der Waals surface area contributed by atoms with Gasteiger partial charge in [0.25, 0.3) is 0 Å². The Labute approximate surface area is 116 Å². The molecule has 0 unspecified atom stereocenters. The smallest absolute Gasteiger partial charge is 0.0652 e. The van der Waals surface area contributed by atoms with E-state index < -0.39 is 0 Å². The first-order chi connectivity index (χ1) is 8.27. The van der Waals surface area contributed by atoms with Crippen LogP contribution in [0, 0.1) is 9.49 Å². The molecule has 1 aliphatic carbocycles. The quantitative estimate of drug-likeness (QED) is 0.576. The minimum atomic E-state index is 0.874. The molecule has 1 heterocycles. The second kappa shape index (κ2) is 6.70. The van der Waals surface area contributed by atoms with Gasteiger partial charge in [0.2, 0.25) is 0 Å². The molecule has 4 nitrogen and oxygen atoms in total. The Bertz CT molecular complexity index is 330. The van der Waals surface area contributed by atoms with Gasteiger partial charge in [0.05, 0.1) is 15.5 Å². The third kappa shape index (κ3) is 4.56. The predicted molar refractivity (Wildman–Crippen MR) is 75.8 cm³/mol. The van der Waals surface area contributed by atoms with Gasteiger partial charge in [-0.25, -0.2) is 0 Å². The van der Waals surface area contributed by atoms with Gasteiger partial charge in [0, 0.05) is 26.8 Å². The van der Waals surface area contributed by atoms with Crippen LogP contribution in [-0.4, -0.2) is 29.5 Å². The molecular formula is C12H20IN3O. The lowest BCUT2D eigenvalue weighted by Gasteiger charge is -2.06. The van der Waals surface area contributed by atoms with E-state index in [1.165, 1.54) is 22.1 Å². The van der Waals surface area contributed by atoms with Crippen LogP contribution < -0.4 is 5.32 Å². The summed E-state index contributed by atoms with van der Waals surface area (Å²) < 4.78 is 8.74. The highest BCUT2D eigenvalue weighted by Crippen LogP contribution is 2.28. The molecule has 1 aliphatic rings. The average molecular weight is 349 g/mol. The number of ether oxygens (including phenoxy) is 1. The normalized spacial score (nSPS) is 15.4. The van der Waals surface area contributed by atoms with Gasteiger partial charge in [0.15, 0.2) is 0 Å². The van der Waals surface area contributed by atoms with E-state index in [1.54, 1.807) is 0 Å². The molecule has 96 valence electrons. The van der Waals surface area contributed by atoms with Crippen molar-refractivity contribution >= 4 is 22.6 Å². The summed E-state index contributed by atoms with van der Waals surface area (Å²) in [7, 11) is 1.98. The predicted octanol–water partition coefficient (Wildman–Crippen LogP) is 1.93. The molecule has 0 aromatic carbocycles. The van der Waals surface area contributed by atoms with Gasteiger partial charge in [-0.1, -0.05) is 0 Å². The molecule has 0 bridgehead atoms. The maximum atomic E-state index is 5.58. The van der Waals surface area contributed by atoms with Crippen LogP contribution in [0.25, 0.3) is 0 Å². The van der Waals surface area contributed by atoms with Crippen molar-refractivity contribution in [1.82, 2.24) is 15.1 Å². The van der Waals surface area contributed by atoms with Crippen molar-refractivity contribution in [2.24, 2.45) is 13.0 Å². The number of aromatic nitrogens is 2. The fourth-order valence-corrected chi connectivity index (χ4v) is 2.34. The summed E-state index contributed by atoms with van der Waals surface area (Å²) in [6, 6.07) is 0. The monoisotopic (exact) mass is 349 g/mol. The summed E-state index contributed by atoms with van der Waals surface area (Å²) in [4.78, 5) is 0. The number of aryl methyl sites for hydroxylation is 1. The lowest BCUT2D eigenvalue weighted by molar-refractivity contribution is 0.122. The Morgan fingerprint density at radius 3 is 3.06 bits per heavy atom. The molecule has 1 aromatic rings. The van der Waals surface area contributed by atoms with Crippen molar-refractivity contribution < 1.29 is 4.74 Å². The summed E-state index contributed by atoms with van der Waals surface area (Å²) in [5.41, 5.74) is 1.25. The number of hydrogen-bond acceptors (Lipinski definition) is 3. The van der Waals surface area contributed by atoms with Crippen molar-refractivity contribution in [3.8, 4) is 0 Å². The van der Waals surface area contributed by atoms with Crippen LogP contribution in [0.5, 0.6) is 0 Å². The molecule has 1 N–H and O–H groups in total. The largest absolute Gasteiger partial charge is 0.381 e. The van der Waals surface area contributed by atoms with Crippen LogP contribution >= 0.6 is 22.6 Å². The van der Waals surface area contributed by atoms with Crippen LogP contribution in [0.4, 0.5) is 0 Å². The zero-order valence-corrected chi connectivity index (χ0v) is 12.4. The van der Waals surface area contributed by atoms with Gasteiger partial charge < -0.3 is 10.1 Å². The molecule has 1 fully saturated rings. The van der Waals surface area contributed by atoms with Gasteiger partial charge >= 0.3 is 0 Å². The standard InChI is InChI=1S/C12H20IN3O/c1-16-12(11(13)7-15-16)8-14-5-2-6-17-9-10-3-4-10/h7,10,14H,2-6,8-9H2,1H3. The van der Waals surface area contributed by atoms with Crippen molar-refractivity contribution in [2.75, 3.05) is 19.8 Å². The first-order valence-corrected chi connectivity index (χ1v) is 7.30. The number of nitrogens with zero attached hydrogens (tertiary/aromatic N) is 2. The molecule has 0 radical (unpaired) electrons. The average Bonchev–Trinajstić information content (AvgIpc) is 3.08. The topological polar surface area (TPSA) is 39.1 Å². The molecule has 17 heavy (non-hydrogen) atoms. The molecule has 0 saturated heterocycles. The first kappa shape index (κ1) is 13.3. The summed E-state index contributed by atoms with van der Waals surface area (Å²) in [6.07, 6.45) is 5.73. The number of nitrogens with one attached hydrogen (secondary N) is 1. The van der Waals surface area contributed by atoms with Gasteiger partial charge in [-0.15, -0.1) is 0 Å². The zero-order chi connectivity index (χ0) is 12.1. The van der Waals surface area contributed by atoms with Crippen LogP contribution in [0.1, 0.15) is 25.0 Å². The van der Waals surface area contributed by atoms with Crippen LogP contribution in [0.2, 0.25) is 0 Å². The van der Waals surface area contributed by atoms with E-state index in [0.717, 1.165) is 38.6 Å². The Hall–Kier alpha value is -0.140. The van der Waals surface area contributed by atoms with Crippen molar-refractivity contribution in [2.45, 2.75) is 25.8 Å². The van der Waals surface area contributed by atoms with Gasteiger partial charge in [-0.2, -0.15) is 5.10 Å². The van der Waals surface area contributed by atoms with Gasteiger partial charge in [0.1, 0.15) is 0 Å². The summed E-state index contributed by atoms with van der Waals surface area (Å²) in [5.74, 6) is 0.874. The molecule has 0 amide bonds. The number of rotatable bonds is 8. The van der Waals surface area contributed by atoms with E-state index in [1.807, 2.05) is 17.9 Å². The molecule has 2 rings (SSSR count). The fraction of sp³-hybridized carbons (Fsp3) is 0.750. The van der Waals surface area contributed by atoms with E-state index in [2.05, 4.69) is 33.0 Å². The summed E-state index contributed by atoms with van der Waals surface area (Å²) >= 11 is 2.32. The Morgan fingerprint density at radius 1 is 1.59 bits per heavy atom. The molecular weight excluding hydrogens is 329 g/mol. The summed E-state index contributed by atoms with van der Waals surface area (Å²) in [6.45, 7) is 3.74. The fourth-order valence-electron chi connectivity index (χ4n) is 1.68. The highest BCUT2D eigenvalue weighted by atomic mass is 127. The minimum absolute atomic E-state index is 0.874. The van der Waals surface area contributed by atoms with E-state index >= 15 is 0 Å². The molecule has 1 saturated carbocycles. The van der Waals surface area contributed by atoms with Crippen LogP contribution in [0.3, 0.4) is 0 Å². The van der Waals surface area contributed by atoms with Crippen molar-refractivity contribution in [3.05, 3.63) is 15.5 Å². The van der Waals surface area contributed by atoms with E-state index in [4.69, 9.17) is 4.74 Å². The van der Waals surface area contributed by atoms with Crippen molar-refractivity contribution in [1.29, 1.82) is 0 Å². The minimum Gasteiger partial charge on any atom is -0.381 e. The van der Waals surface area contributed by atoms with E-state index in [-0.39, 0.29) is 0 Å². The number of hydrogen-bond donors (Lipinski definition) is 1. The van der Waals surface area contributed by atoms with Gasteiger partial charge in [-0.05, 0) is 54.3 Å². The van der Waals surface area contributed by atoms with E-state index in [0.29, 0.717) is 0 Å². The Balaban J connectivity index is 1.50. The van der Waals surface area contributed by atoms with Crippen LogP contribution in [-0.2, 0) is 18.3 Å². The van der Waals surface area contributed by atoms with Crippen molar-refractivity contribution in [3.63, 3.8) is 0 Å². The van der Waals surface area contributed by atoms with E-state index in [9.17, 15) is 0 Å². The summed E-state index contributed by atoms with van der Waals surface area (Å²) in [5, 5.41) is 7.64. The highest BCUT2D eigenvalue weighted by Gasteiger charge is 2.20. The van der Waals surface area contributed by atoms with Gasteiger partial charge in [-0.3, -0.25) is 4.68 Å². The zero-order valence-electron chi connectivity index (χ0n) is 10.3. The SMILES string of the molecule is Cn1ncc(I)c1CNCCCOCC1CC1. The number of halogens is 1. The lowest BCUT2D eigenvalue weighted by atomic mass is 10.4. The highest BCUT2D eigenvalue weighted by molar-refractivity contribution is 14.1. The Kier molecular flexibility index (Phi) is 5.24. The molecule has 0 aliphatic heterocycles. The molecule has 5 heteroatoms. The Morgan fingerprint density at radius 2 is 2.41 bits per heavy atom. The molecule has 0 spiro atoms. The first-order valence-electron chi connectivity index (χ1n) is 6.22. The maximum absolute atomic E-state index is 5.58. The molecule has 0 atom stereocenters. The third-order valence-electron chi connectivity index (χ3n) is 3.00. The van der Waals surface area contributed by atoms with Crippen LogP contribution in [0.15, 0.2) is 6.20 Å². The third-order valence-corrected chi connectivity index (χ3v) is 3.90. The second-order valence-electron chi connectivity index (χ2n) is 4.61. The molecule has 1 aromatic heterocycles. The second-order valence-corrected chi connectivity index (χ2v) is 5.77. The maximum Gasteiger partial charge on any atom is 0.0652 e. The lowest BCUT2D eigenvalue weighted by Crippen LogP contribution is -2.19.